The average Bonchev–Trinajstić information content (AvgIpc) is 2.80. The normalized spacial score (nSPS) is 15.0. The number of carbonyl (C=O) groups excluding carboxylic acids is 1. The van der Waals surface area contributed by atoms with E-state index in [1.54, 1.807) is 0 Å². The second-order valence-corrected chi connectivity index (χ2v) is 9.47. The molecule has 1 amide bonds. The zero-order valence-corrected chi connectivity index (χ0v) is 19.4. The summed E-state index contributed by atoms with van der Waals surface area (Å²) in [4.78, 5) is 17.1. The van der Waals surface area contributed by atoms with Gasteiger partial charge in [-0.05, 0) is 70.4 Å². The number of para-hydroxylation sites is 1. The topological polar surface area (TPSA) is 65.8 Å². The molecule has 6 heteroatoms. The Labute approximate surface area is 195 Å². The molecule has 156 valence electrons. The fourth-order valence-corrected chi connectivity index (χ4v) is 5.16. The molecule has 0 radical (unpaired) electrons. The van der Waals surface area contributed by atoms with Gasteiger partial charge < -0.3 is 5.32 Å². The lowest BCUT2D eigenvalue weighted by molar-refractivity contribution is -0.115. The molecule has 1 aliphatic rings. The van der Waals surface area contributed by atoms with Crippen molar-refractivity contribution < 1.29 is 4.79 Å². The van der Waals surface area contributed by atoms with Crippen LogP contribution in [-0.4, -0.2) is 16.6 Å². The Morgan fingerprint density at radius 3 is 2.74 bits per heavy atom. The molecule has 1 atom stereocenters. The molecule has 2 aromatic carbocycles. The molecule has 1 heterocycles. The molecule has 1 aliphatic carbocycles. The number of rotatable bonds is 6. The standard InChI is InChI=1S/C25H22BrN3OS/c26-21-8-4-5-9-23(21)28-24(30)12-13-31-25-20(16-27)15-19-14-18(10-11-22(19)29-25)17-6-2-1-3-7-17/h1-9,15,18H,10-14H2,(H,28,30). The number of hydrogen-bond acceptors (Lipinski definition) is 4. The maximum Gasteiger partial charge on any atom is 0.225 e. The zero-order chi connectivity index (χ0) is 21.6. The minimum Gasteiger partial charge on any atom is -0.325 e. The summed E-state index contributed by atoms with van der Waals surface area (Å²) in [6.45, 7) is 0. The van der Waals surface area contributed by atoms with Crippen molar-refractivity contribution in [3.8, 4) is 6.07 Å². The van der Waals surface area contributed by atoms with Crippen molar-refractivity contribution in [2.75, 3.05) is 11.1 Å². The number of carbonyl (C=O) groups is 1. The summed E-state index contributed by atoms with van der Waals surface area (Å²) in [5.41, 5.74) is 4.97. The summed E-state index contributed by atoms with van der Waals surface area (Å²) in [6, 6.07) is 22.4. The van der Waals surface area contributed by atoms with Gasteiger partial charge in [0.1, 0.15) is 11.1 Å². The first-order chi connectivity index (χ1) is 15.1. The molecule has 3 aromatic rings. The highest BCUT2D eigenvalue weighted by Gasteiger charge is 2.23. The SMILES string of the molecule is N#Cc1cc2c(nc1SCCC(=O)Nc1ccccc1Br)CCC(c1ccccc1)C2. The number of anilines is 1. The minimum absolute atomic E-state index is 0.0541. The lowest BCUT2D eigenvalue weighted by Crippen LogP contribution is -2.15. The second kappa shape index (κ2) is 10.1. The largest absolute Gasteiger partial charge is 0.325 e. The number of amides is 1. The highest BCUT2D eigenvalue weighted by Crippen LogP contribution is 2.34. The first-order valence-electron chi connectivity index (χ1n) is 10.3. The molecular weight excluding hydrogens is 470 g/mol. The molecule has 0 spiro atoms. The van der Waals surface area contributed by atoms with Crippen molar-refractivity contribution >= 4 is 39.3 Å². The molecule has 1 unspecified atom stereocenters. The van der Waals surface area contributed by atoms with Crippen molar-refractivity contribution in [3.63, 3.8) is 0 Å². The van der Waals surface area contributed by atoms with Crippen LogP contribution in [-0.2, 0) is 17.6 Å². The van der Waals surface area contributed by atoms with Crippen LogP contribution in [0.15, 0.2) is 70.2 Å². The highest BCUT2D eigenvalue weighted by molar-refractivity contribution is 9.10. The van der Waals surface area contributed by atoms with Crippen molar-refractivity contribution in [2.45, 2.75) is 36.6 Å². The highest BCUT2D eigenvalue weighted by atomic mass is 79.9. The van der Waals surface area contributed by atoms with Crippen LogP contribution in [0.4, 0.5) is 5.69 Å². The molecule has 0 fully saturated rings. The van der Waals surface area contributed by atoms with Crippen LogP contribution in [0.25, 0.3) is 0 Å². The number of pyridine rings is 1. The molecule has 31 heavy (non-hydrogen) atoms. The predicted octanol–water partition coefficient (Wildman–Crippen LogP) is 6.11. The van der Waals surface area contributed by atoms with E-state index in [9.17, 15) is 10.1 Å². The van der Waals surface area contributed by atoms with E-state index < -0.39 is 0 Å². The monoisotopic (exact) mass is 491 g/mol. The predicted molar refractivity (Wildman–Crippen MR) is 128 cm³/mol. The van der Waals surface area contributed by atoms with Crippen LogP contribution in [0.2, 0.25) is 0 Å². The van der Waals surface area contributed by atoms with Gasteiger partial charge in [0, 0.05) is 22.3 Å². The van der Waals surface area contributed by atoms with Crippen LogP contribution >= 0.6 is 27.7 Å². The Kier molecular flexibility index (Phi) is 7.06. The molecule has 4 rings (SSSR count). The van der Waals surface area contributed by atoms with Crippen molar-refractivity contribution in [3.05, 3.63) is 87.5 Å². The van der Waals surface area contributed by atoms with Crippen molar-refractivity contribution in [1.82, 2.24) is 4.98 Å². The third-order valence-corrected chi connectivity index (χ3v) is 7.14. The molecule has 0 aliphatic heterocycles. The van der Waals surface area contributed by atoms with Crippen LogP contribution in [0.3, 0.4) is 0 Å². The van der Waals surface area contributed by atoms with Gasteiger partial charge in [-0.25, -0.2) is 4.98 Å². The van der Waals surface area contributed by atoms with Crippen LogP contribution in [0.5, 0.6) is 0 Å². The Balaban J connectivity index is 1.39. The lowest BCUT2D eigenvalue weighted by Gasteiger charge is -2.25. The molecule has 0 saturated carbocycles. The van der Waals surface area contributed by atoms with Crippen molar-refractivity contribution in [2.24, 2.45) is 0 Å². The van der Waals surface area contributed by atoms with Gasteiger partial charge in [0.05, 0.1) is 11.3 Å². The lowest BCUT2D eigenvalue weighted by atomic mass is 9.82. The zero-order valence-electron chi connectivity index (χ0n) is 17.0. The molecule has 4 nitrogen and oxygen atoms in total. The average molecular weight is 492 g/mol. The number of aromatic nitrogens is 1. The number of nitrogens with one attached hydrogen (secondary N) is 1. The number of hydrogen-bond donors (Lipinski definition) is 1. The maximum absolute atomic E-state index is 12.3. The Bertz CT molecular complexity index is 1130. The number of thioether (sulfide) groups is 1. The second-order valence-electron chi connectivity index (χ2n) is 7.54. The van der Waals surface area contributed by atoms with Crippen LogP contribution < -0.4 is 5.32 Å². The fraction of sp³-hybridized carbons (Fsp3) is 0.240. The summed E-state index contributed by atoms with van der Waals surface area (Å²) in [6.07, 6.45) is 3.25. The summed E-state index contributed by atoms with van der Waals surface area (Å²) in [5.74, 6) is 0.992. The smallest absolute Gasteiger partial charge is 0.225 e. The quantitative estimate of drug-likeness (QED) is 0.422. The van der Waals surface area contributed by atoms with E-state index in [1.165, 1.54) is 22.9 Å². The molecule has 1 aromatic heterocycles. The van der Waals surface area contributed by atoms with E-state index in [2.05, 4.69) is 51.6 Å². The fourth-order valence-electron chi connectivity index (χ4n) is 3.86. The van der Waals surface area contributed by atoms with E-state index in [4.69, 9.17) is 4.98 Å². The third kappa shape index (κ3) is 5.36. The van der Waals surface area contributed by atoms with Gasteiger partial charge in [0.25, 0.3) is 0 Å². The Morgan fingerprint density at radius 2 is 1.97 bits per heavy atom. The Morgan fingerprint density at radius 1 is 1.19 bits per heavy atom. The van der Waals surface area contributed by atoms with Gasteiger partial charge in [-0.3, -0.25) is 4.79 Å². The van der Waals surface area contributed by atoms with Crippen LogP contribution in [0.1, 0.15) is 41.1 Å². The first kappa shape index (κ1) is 21.6. The van der Waals surface area contributed by atoms with Gasteiger partial charge in [-0.2, -0.15) is 5.26 Å². The number of halogens is 1. The number of nitriles is 1. The first-order valence-corrected chi connectivity index (χ1v) is 12.1. The summed E-state index contributed by atoms with van der Waals surface area (Å²) in [5, 5.41) is 13.3. The molecule has 1 N–H and O–H groups in total. The van der Waals surface area contributed by atoms with Gasteiger partial charge in [0.2, 0.25) is 5.91 Å². The summed E-state index contributed by atoms with van der Waals surface area (Å²) < 4.78 is 0.855. The number of fused-ring (bicyclic) bond motifs is 1. The van der Waals surface area contributed by atoms with Crippen LogP contribution in [0, 0.1) is 11.3 Å². The molecular formula is C25H22BrN3OS. The maximum atomic E-state index is 12.3. The molecule has 0 saturated heterocycles. The van der Waals surface area contributed by atoms with E-state index in [-0.39, 0.29) is 5.91 Å². The van der Waals surface area contributed by atoms with Gasteiger partial charge in [-0.15, -0.1) is 11.8 Å². The number of aryl methyl sites for hydroxylation is 1. The van der Waals surface area contributed by atoms with Gasteiger partial charge >= 0.3 is 0 Å². The van der Waals surface area contributed by atoms with Gasteiger partial charge in [0.15, 0.2) is 0 Å². The molecule has 0 bridgehead atoms. The summed E-state index contributed by atoms with van der Waals surface area (Å²) >= 11 is 4.92. The number of nitrogens with zero attached hydrogens (tertiary/aromatic N) is 2. The van der Waals surface area contributed by atoms with E-state index in [1.807, 2.05) is 36.4 Å². The van der Waals surface area contributed by atoms with E-state index in [0.29, 0.717) is 23.7 Å². The Hall–Kier alpha value is -2.62. The summed E-state index contributed by atoms with van der Waals surface area (Å²) in [7, 11) is 0. The minimum atomic E-state index is -0.0541. The van der Waals surface area contributed by atoms with E-state index in [0.717, 1.165) is 40.1 Å². The number of benzene rings is 2. The third-order valence-electron chi connectivity index (χ3n) is 5.46. The van der Waals surface area contributed by atoms with E-state index >= 15 is 0 Å². The van der Waals surface area contributed by atoms with Gasteiger partial charge in [-0.1, -0.05) is 42.5 Å². The van der Waals surface area contributed by atoms with Crippen molar-refractivity contribution in [1.29, 1.82) is 5.26 Å².